The molecule has 1 atom stereocenters. The summed E-state index contributed by atoms with van der Waals surface area (Å²) in [4.78, 5) is 4.88. The summed E-state index contributed by atoms with van der Waals surface area (Å²) in [6.07, 6.45) is 3.14. The fourth-order valence-corrected chi connectivity index (χ4v) is 2.31. The molecule has 0 N–H and O–H groups in total. The average Bonchev–Trinajstić information content (AvgIpc) is 2.38. The number of likely N-dealkylation sites (N-methyl/N-ethyl adjacent to an activating group) is 1. The molecule has 1 aliphatic rings. The van der Waals surface area contributed by atoms with Crippen molar-refractivity contribution in [2.24, 2.45) is 5.92 Å². The first-order valence-electron chi connectivity index (χ1n) is 6.43. The molecule has 16 heavy (non-hydrogen) atoms. The molecular weight excluding hydrogens is 198 g/mol. The van der Waals surface area contributed by atoms with E-state index in [4.69, 9.17) is 5.26 Å². The van der Waals surface area contributed by atoms with Gasteiger partial charge in [0.25, 0.3) is 0 Å². The highest BCUT2D eigenvalue weighted by Crippen LogP contribution is 2.13. The highest BCUT2D eigenvalue weighted by molar-refractivity contribution is 4.86. The van der Waals surface area contributed by atoms with Crippen molar-refractivity contribution in [1.82, 2.24) is 9.80 Å². The summed E-state index contributed by atoms with van der Waals surface area (Å²) in [5.41, 5.74) is 0. The van der Waals surface area contributed by atoms with Gasteiger partial charge in [-0.05, 0) is 45.4 Å². The van der Waals surface area contributed by atoms with Crippen molar-refractivity contribution in [1.29, 1.82) is 5.26 Å². The topological polar surface area (TPSA) is 30.3 Å². The second-order valence-corrected chi connectivity index (χ2v) is 5.35. The molecule has 0 aromatic rings. The van der Waals surface area contributed by atoms with Crippen LogP contribution in [0.4, 0.5) is 0 Å². The fourth-order valence-electron chi connectivity index (χ4n) is 2.31. The maximum Gasteiger partial charge on any atom is 0.0638 e. The van der Waals surface area contributed by atoms with E-state index in [0.29, 0.717) is 12.5 Å². The maximum absolute atomic E-state index is 8.90. The second kappa shape index (κ2) is 6.88. The quantitative estimate of drug-likeness (QED) is 0.730. The Hall–Kier alpha value is -0.590. The Kier molecular flexibility index (Phi) is 5.79. The molecule has 1 aliphatic heterocycles. The zero-order chi connectivity index (χ0) is 12.0. The minimum atomic E-state index is 0.441. The van der Waals surface area contributed by atoms with Crippen molar-refractivity contribution in [3.8, 4) is 6.07 Å². The van der Waals surface area contributed by atoms with E-state index >= 15 is 0 Å². The Bertz CT molecular complexity index is 232. The molecule has 0 radical (unpaired) electrons. The highest BCUT2D eigenvalue weighted by atomic mass is 15.2. The van der Waals surface area contributed by atoms with Gasteiger partial charge in [-0.15, -0.1) is 0 Å². The standard InChI is InChI=1S/C13H25N3/c1-12(2)6-10-16-9-4-8-15(3)11-13(16)5-7-14/h12-13H,4-6,8-11H2,1-3H3. The van der Waals surface area contributed by atoms with E-state index in [1.807, 2.05) is 0 Å². The van der Waals surface area contributed by atoms with Gasteiger partial charge in [-0.2, -0.15) is 5.26 Å². The van der Waals surface area contributed by atoms with E-state index in [-0.39, 0.29) is 0 Å². The van der Waals surface area contributed by atoms with E-state index in [9.17, 15) is 0 Å². The van der Waals surface area contributed by atoms with Crippen LogP contribution in [0.25, 0.3) is 0 Å². The van der Waals surface area contributed by atoms with Gasteiger partial charge >= 0.3 is 0 Å². The van der Waals surface area contributed by atoms with Crippen LogP contribution in [0.3, 0.4) is 0 Å². The molecule has 1 rings (SSSR count). The van der Waals surface area contributed by atoms with Gasteiger partial charge in [0, 0.05) is 12.6 Å². The van der Waals surface area contributed by atoms with Crippen LogP contribution in [0.1, 0.15) is 33.1 Å². The van der Waals surface area contributed by atoms with Gasteiger partial charge in [0.1, 0.15) is 0 Å². The average molecular weight is 223 g/mol. The van der Waals surface area contributed by atoms with E-state index in [2.05, 4.69) is 36.8 Å². The third-order valence-corrected chi connectivity index (χ3v) is 3.34. The van der Waals surface area contributed by atoms with Crippen molar-refractivity contribution >= 4 is 0 Å². The third kappa shape index (κ3) is 4.51. The second-order valence-electron chi connectivity index (χ2n) is 5.35. The molecule has 1 heterocycles. The van der Waals surface area contributed by atoms with Gasteiger partial charge in [0.05, 0.1) is 12.5 Å². The van der Waals surface area contributed by atoms with Crippen LogP contribution < -0.4 is 0 Å². The molecular formula is C13H25N3. The first-order valence-corrected chi connectivity index (χ1v) is 6.43. The predicted octanol–water partition coefficient (Wildman–Crippen LogP) is 1.95. The van der Waals surface area contributed by atoms with Crippen molar-refractivity contribution in [2.75, 3.05) is 33.2 Å². The number of nitrogens with zero attached hydrogens (tertiary/aromatic N) is 3. The molecule has 0 spiro atoms. The van der Waals surface area contributed by atoms with Crippen molar-refractivity contribution in [3.63, 3.8) is 0 Å². The Morgan fingerprint density at radius 1 is 1.38 bits per heavy atom. The number of rotatable bonds is 4. The van der Waals surface area contributed by atoms with Crippen molar-refractivity contribution < 1.29 is 0 Å². The zero-order valence-corrected chi connectivity index (χ0v) is 10.9. The molecule has 0 saturated carbocycles. The number of hydrogen-bond acceptors (Lipinski definition) is 3. The zero-order valence-electron chi connectivity index (χ0n) is 10.9. The summed E-state index contributed by atoms with van der Waals surface area (Å²) in [6, 6.07) is 2.78. The van der Waals surface area contributed by atoms with E-state index in [0.717, 1.165) is 25.6 Å². The molecule has 1 unspecified atom stereocenters. The van der Waals surface area contributed by atoms with Crippen LogP contribution in [0.2, 0.25) is 0 Å². The van der Waals surface area contributed by atoms with E-state index in [1.165, 1.54) is 19.4 Å². The van der Waals surface area contributed by atoms with Crippen molar-refractivity contribution in [3.05, 3.63) is 0 Å². The summed E-state index contributed by atoms with van der Waals surface area (Å²) in [7, 11) is 2.16. The Balaban J connectivity index is 2.51. The van der Waals surface area contributed by atoms with Crippen LogP contribution in [-0.2, 0) is 0 Å². The number of nitriles is 1. The molecule has 92 valence electrons. The highest BCUT2D eigenvalue weighted by Gasteiger charge is 2.22. The summed E-state index contributed by atoms with van der Waals surface area (Å²) in [6.45, 7) is 9.06. The molecule has 1 saturated heterocycles. The summed E-state index contributed by atoms with van der Waals surface area (Å²) >= 11 is 0. The third-order valence-electron chi connectivity index (χ3n) is 3.34. The van der Waals surface area contributed by atoms with Gasteiger partial charge in [-0.25, -0.2) is 0 Å². The molecule has 3 heteroatoms. The van der Waals surface area contributed by atoms with Crippen LogP contribution in [0.5, 0.6) is 0 Å². The molecule has 1 fully saturated rings. The smallest absolute Gasteiger partial charge is 0.0638 e. The maximum atomic E-state index is 8.90. The lowest BCUT2D eigenvalue weighted by atomic mass is 10.1. The number of hydrogen-bond donors (Lipinski definition) is 0. The minimum Gasteiger partial charge on any atom is -0.305 e. The van der Waals surface area contributed by atoms with Gasteiger partial charge in [-0.3, -0.25) is 4.90 Å². The lowest BCUT2D eigenvalue weighted by Crippen LogP contribution is -2.40. The van der Waals surface area contributed by atoms with Gasteiger partial charge < -0.3 is 4.90 Å². The lowest BCUT2D eigenvalue weighted by Gasteiger charge is -2.29. The van der Waals surface area contributed by atoms with Crippen LogP contribution in [-0.4, -0.2) is 49.1 Å². The van der Waals surface area contributed by atoms with E-state index < -0.39 is 0 Å². The molecule has 0 aromatic carbocycles. The summed E-state index contributed by atoms with van der Waals surface area (Å²) < 4.78 is 0. The largest absolute Gasteiger partial charge is 0.305 e. The molecule has 0 aliphatic carbocycles. The molecule has 0 aromatic heterocycles. The Morgan fingerprint density at radius 2 is 2.12 bits per heavy atom. The molecule has 0 amide bonds. The normalized spacial score (nSPS) is 24.3. The predicted molar refractivity (Wildman–Crippen MR) is 67.2 cm³/mol. The monoisotopic (exact) mass is 223 g/mol. The van der Waals surface area contributed by atoms with Gasteiger partial charge in [-0.1, -0.05) is 13.8 Å². The van der Waals surface area contributed by atoms with Gasteiger partial charge in [0.2, 0.25) is 0 Å². The van der Waals surface area contributed by atoms with Crippen LogP contribution >= 0.6 is 0 Å². The minimum absolute atomic E-state index is 0.441. The van der Waals surface area contributed by atoms with Crippen LogP contribution in [0.15, 0.2) is 0 Å². The van der Waals surface area contributed by atoms with Crippen molar-refractivity contribution in [2.45, 2.75) is 39.2 Å². The molecule has 3 nitrogen and oxygen atoms in total. The first-order chi connectivity index (χ1) is 7.63. The summed E-state index contributed by atoms with van der Waals surface area (Å²) in [5.74, 6) is 0.753. The summed E-state index contributed by atoms with van der Waals surface area (Å²) in [5, 5.41) is 8.90. The Morgan fingerprint density at radius 3 is 2.75 bits per heavy atom. The Labute approximate surface area is 100 Å². The first kappa shape index (κ1) is 13.5. The SMILES string of the molecule is CC(C)CCN1CCCN(C)CC1CC#N. The molecule has 0 bridgehead atoms. The van der Waals surface area contributed by atoms with Gasteiger partial charge in [0.15, 0.2) is 0 Å². The van der Waals surface area contributed by atoms with Crippen LogP contribution in [0, 0.1) is 17.2 Å². The van der Waals surface area contributed by atoms with E-state index in [1.54, 1.807) is 0 Å². The lowest BCUT2D eigenvalue weighted by molar-refractivity contribution is 0.182. The fraction of sp³-hybridized carbons (Fsp3) is 0.923.